The van der Waals surface area contributed by atoms with Crippen LogP contribution >= 0.6 is 11.8 Å². The molecule has 0 bridgehead atoms. The highest BCUT2D eigenvalue weighted by Crippen LogP contribution is 2.47. The van der Waals surface area contributed by atoms with E-state index in [0.717, 1.165) is 50.4 Å². The van der Waals surface area contributed by atoms with Crippen LogP contribution in [0, 0.1) is 0 Å². The average Bonchev–Trinajstić information content (AvgIpc) is 3.20. The molecule has 1 aromatic rings. The monoisotopic (exact) mass is 362 g/mol. The van der Waals surface area contributed by atoms with Crippen molar-refractivity contribution in [2.24, 2.45) is 0 Å². The predicted molar refractivity (Wildman–Crippen MR) is 95.6 cm³/mol. The second-order valence-electron chi connectivity index (χ2n) is 6.76. The Morgan fingerprint density at radius 2 is 2.12 bits per heavy atom. The summed E-state index contributed by atoms with van der Waals surface area (Å²) >= 11 is 1.68. The van der Waals surface area contributed by atoms with Crippen molar-refractivity contribution < 1.29 is 19.2 Å². The van der Waals surface area contributed by atoms with Gasteiger partial charge in [0, 0.05) is 24.3 Å². The maximum absolute atomic E-state index is 12.6. The van der Waals surface area contributed by atoms with Gasteiger partial charge in [0.25, 0.3) is 5.91 Å². The van der Waals surface area contributed by atoms with E-state index in [1.165, 1.54) is 0 Å². The first-order valence-electron chi connectivity index (χ1n) is 8.98. The third kappa shape index (κ3) is 3.28. The van der Waals surface area contributed by atoms with E-state index in [-0.39, 0.29) is 23.2 Å². The Labute approximate surface area is 151 Å². The van der Waals surface area contributed by atoms with Gasteiger partial charge >= 0.3 is 0 Å². The van der Waals surface area contributed by atoms with Gasteiger partial charge in [-0.2, -0.15) is 0 Å². The fraction of sp³-hybridized carbons (Fsp3) is 0.556. The summed E-state index contributed by atoms with van der Waals surface area (Å²) in [5, 5.41) is 3.03. The molecule has 4 rings (SSSR count). The van der Waals surface area contributed by atoms with Gasteiger partial charge in [-0.25, -0.2) is 0 Å². The third-order valence-corrected chi connectivity index (χ3v) is 6.51. The van der Waals surface area contributed by atoms with E-state index in [1.54, 1.807) is 21.6 Å². The molecule has 0 aromatic heterocycles. The van der Waals surface area contributed by atoms with Crippen molar-refractivity contribution in [1.29, 1.82) is 0 Å². The summed E-state index contributed by atoms with van der Waals surface area (Å²) in [6.07, 6.45) is 0.957. The molecule has 3 aliphatic heterocycles. The molecule has 6 nitrogen and oxygen atoms in total. The molecule has 0 radical (unpaired) electrons. The molecule has 2 atom stereocenters. The molecular formula is C18H24N3O3S+. The van der Waals surface area contributed by atoms with E-state index >= 15 is 0 Å². The number of benzene rings is 1. The zero-order chi connectivity index (χ0) is 17.2. The second-order valence-corrected chi connectivity index (χ2v) is 7.87. The van der Waals surface area contributed by atoms with Crippen LogP contribution in [0.3, 0.4) is 0 Å². The molecule has 2 fully saturated rings. The number of hydrogen-bond donors (Lipinski definition) is 2. The van der Waals surface area contributed by atoms with E-state index in [4.69, 9.17) is 4.74 Å². The molecule has 1 aromatic carbocycles. The van der Waals surface area contributed by atoms with E-state index in [2.05, 4.69) is 5.32 Å². The van der Waals surface area contributed by atoms with E-state index in [1.807, 2.05) is 24.3 Å². The van der Waals surface area contributed by atoms with Crippen molar-refractivity contribution in [3.63, 3.8) is 0 Å². The van der Waals surface area contributed by atoms with Crippen molar-refractivity contribution in [1.82, 2.24) is 10.2 Å². The zero-order valence-electron chi connectivity index (χ0n) is 14.2. The van der Waals surface area contributed by atoms with Gasteiger partial charge in [0.15, 0.2) is 0 Å². The number of nitrogens with zero attached hydrogens (tertiary/aromatic N) is 1. The van der Waals surface area contributed by atoms with Crippen molar-refractivity contribution in [2.75, 3.05) is 45.1 Å². The highest BCUT2D eigenvalue weighted by Gasteiger charge is 2.48. The first-order valence-corrected chi connectivity index (χ1v) is 10.0. The van der Waals surface area contributed by atoms with Crippen LogP contribution in [0.15, 0.2) is 24.3 Å². The van der Waals surface area contributed by atoms with Crippen LogP contribution in [-0.2, 0) is 9.53 Å². The van der Waals surface area contributed by atoms with Gasteiger partial charge in [-0.05, 0) is 11.6 Å². The number of thioether (sulfide) groups is 1. The Kier molecular flexibility index (Phi) is 4.96. The summed E-state index contributed by atoms with van der Waals surface area (Å²) in [4.78, 5) is 28.5. The molecule has 2 N–H and O–H groups in total. The lowest BCUT2D eigenvalue weighted by molar-refractivity contribution is -0.908. The number of fused-ring (bicyclic) bond motifs is 3. The molecule has 7 heteroatoms. The summed E-state index contributed by atoms with van der Waals surface area (Å²) in [6, 6.07) is 7.34. The number of amides is 2. The second kappa shape index (κ2) is 7.35. The molecule has 2 amide bonds. The summed E-state index contributed by atoms with van der Waals surface area (Å²) in [7, 11) is 0. The molecule has 134 valence electrons. The first-order chi connectivity index (χ1) is 12.3. The molecule has 0 aliphatic carbocycles. The first kappa shape index (κ1) is 16.9. The minimum Gasteiger partial charge on any atom is -0.370 e. The molecule has 0 unspecified atom stereocenters. The highest BCUT2D eigenvalue weighted by molar-refractivity contribution is 7.99. The van der Waals surface area contributed by atoms with Gasteiger partial charge in [0.2, 0.25) is 5.91 Å². The maximum Gasteiger partial charge on any atom is 0.256 e. The Balaban J connectivity index is 1.29. The number of morpholine rings is 1. The van der Waals surface area contributed by atoms with E-state index in [0.29, 0.717) is 12.3 Å². The topological polar surface area (TPSA) is 63.1 Å². The van der Waals surface area contributed by atoms with E-state index in [9.17, 15) is 9.59 Å². The quantitative estimate of drug-likeness (QED) is 0.705. The van der Waals surface area contributed by atoms with Gasteiger partial charge in [-0.3, -0.25) is 9.59 Å². The predicted octanol–water partition coefficient (Wildman–Crippen LogP) is -0.322. The van der Waals surface area contributed by atoms with Gasteiger partial charge in [-0.1, -0.05) is 18.2 Å². The number of ether oxygens (including phenoxy) is 1. The number of nitrogens with one attached hydrogen (secondary N) is 2. The van der Waals surface area contributed by atoms with Gasteiger partial charge in [0.1, 0.15) is 24.5 Å². The number of hydrogen-bond acceptors (Lipinski definition) is 4. The van der Waals surface area contributed by atoms with E-state index < -0.39 is 0 Å². The van der Waals surface area contributed by atoms with Crippen LogP contribution in [0.5, 0.6) is 0 Å². The highest BCUT2D eigenvalue weighted by atomic mass is 32.2. The fourth-order valence-electron chi connectivity index (χ4n) is 3.82. The van der Waals surface area contributed by atoms with Crippen molar-refractivity contribution in [3.05, 3.63) is 35.4 Å². The van der Waals surface area contributed by atoms with Crippen molar-refractivity contribution >= 4 is 23.6 Å². The van der Waals surface area contributed by atoms with Crippen molar-refractivity contribution in [2.45, 2.75) is 17.8 Å². The standard InChI is InChI=1S/C18H23N3O3S/c22-16(19-6-3-7-20-8-10-24-11-9-20)15-12-25-18-14-5-2-1-4-13(14)17(23)21(15)18/h1-2,4-5,15,18H,3,6-12H2,(H,19,22)/p+1/t15-,18+/m1/s1. The lowest BCUT2D eigenvalue weighted by atomic mass is 10.1. The number of quaternary nitrogens is 1. The Bertz CT molecular complexity index is 663. The molecule has 2 saturated heterocycles. The van der Waals surface area contributed by atoms with Crippen molar-refractivity contribution in [3.8, 4) is 0 Å². The minimum absolute atomic E-state index is 0.00255. The summed E-state index contributed by atoms with van der Waals surface area (Å²) in [5.41, 5.74) is 1.79. The molecule has 3 aliphatic rings. The number of carbonyl (C=O) groups excluding carboxylic acids is 2. The molecular weight excluding hydrogens is 338 g/mol. The summed E-state index contributed by atoms with van der Waals surface area (Å²) in [5.74, 6) is 0.641. The SMILES string of the molecule is O=C(NCCC[NH+]1CCOCC1)[C@H]1CS[C@H]2c3ccccc3C(=O)N12. The Hall–Kier alpha value is -1.57. The molecule has 3 heterocycles. The number of rotatable bonds is 5. The fourth-order valence-corrected chi connectivity index (χ4v) is 5.28. The Morgan fingerprint density at radius 1 is 1.32 bits per heavy atom. The normalized spacial score (nSPS) is 25.8. The smallest absolute Gasteiger partial charge is 0.256 e. The zero-order valence-corrected chi connectivity index (χ0v) is 15.0. The average molecular weight is 362 g/mol. The Morgan fingerprint density at radius 3 is 2.96 bits per heavy atom. The van der Waals surface area contributed by atoms with Gasteiger partial charge in [0.05, 0.1) is 19.8 Å². The molecule has 0 spiro atoms. The minimum atomic E-state index is -0.356. The largest absolute Gasteiger partial charge is 0.370 e. The molecule has 0 saturated carbocycles. The number of carbonyl (C=O) groups is 2. The summed E-state index contributed by atoms with van der Waals surface area (Å²) in [6.45, 7) is 5.49. The van der Waals surface area contributed by atoms with Crippen LogP contribution in [0.1, 0.15) is 27.7 Å². The van der Waals surface area contributed by atoms with Gasteiger partial charge in [-0.15, -0.1) is 11.8 Å². The third-order valence-electron chi connectivity index (χ3n) is 5.20. The van der Waals surface area contributed by atoms with Crippen LogP contribution in [0.2, 0.25) is 0 Å². The van der Waals surface area contributed by atoms with Crippen LogP contribution in [0.25, 0.3) is 0 Å². The summed E-state index contributed by atoms with van der Waals surface area (Å²) < 4.78 is 5.36. The van der Waals surface area contributed by atoms with Crippen LogP contribution < -0.4 is 10.2 Å². The van der Waals surface area contributed by atoms with Crippen LogP contribution in [-0.4, -0.2) is 67.9 Å². The van der Waals surface area contributed by atoms with Gasteiger partial charge < -0.3 is 19.9 Å². The lowest BCUT2D eigenvalue weighted by Crippen LogP contribution is -3.14. The maximum atomic E-state index is 12.6. The van der Waals surface area contributed by atoms with Crippen LogP contribution in [0.4, 0.5) is 0 Å². The molecule has 25 heavy (non-hydrogen) atoms. The lowest BCUT2D eigenvalue weighted by Gasteiger charge is -2.24.